The van der Waals surface area contributed by atoms with Crippen LogP contribution in [0.3, 0.4) is 0 Å². The Labute approximate surface area is 90.7 Å². The van der Waals surface area contributed by atoms with Gasteiger partial charge in [-0.25, -0.2) is 0 Å². The van der Waals surface area contributed by atoms with Crippen LogP contribution in [-0.2, 0) is 0 Å². The van der Waals surface area contributed by atoms with Crippen LogP contribution in [0.25, 0.3) is 11.1 Å². The predicted octanol–water partition coefficient (Wildman–Crippen LogP) is 4.72. The lowest BCUT2D eigenvalue weighted by molar-refractivity contribution is 1.67. The van der Waals surface area contributed by atoms with Gasteiger partial charge in [-0.1, -0.05) is 35.3 Å². The molecular weight excluding hydrogens is 223 g/mol. The molecule has 13 heavy (non-hydrogen) atoms. The second kappa shape index (κ2) is 3.70. The summed E-state index contributed by atoms with van der Waals surface area (Å²) in [6.07, 6.45) is 0. The summed E-state index contributed by atoms with van der Waals surface area (Å²) in [5, 5.41) is 5.30. The Bertz CT molecular complexity index is 407. The molecule has 0 atom stereocenters. The van der Waals surface area contributed by atoms with Crippen molar-refractivity contribution in [3.05, 3.63) is 45.1 Å². The largest absolute Gasteiger partial charge is 0.152 e. The number of thiophene rings is 1. The van der Waals surface area contributed by atoms with Gasteiger partial charge in [0.05, 0.1) is 10.0 Å². The highest BCUT2D eigenvalue weighted by Crippen LogP contribution is 2.34. The molecular formula is C10H6Cl2S. The van der Waals surface area contributed by atoms with Gasteiger partial charge in [0.15, 0.2) is 0 Å². The molecule has 0 fully saturated rings. The molecule has 0 saturated carbocycles. The SMILES string of the molecule is Clc1cccc(-c2ccsc2)c1Cl. The van der Waals surface area contributed by atoms with Crippen LogP contribution in [-0.4, -0.2) is 0 Å². The van der Waals surface area contributed by atoms with Crippen molar-refractivity contribution in [2.45, 2.75) is 0 Å². The summed E-state index contributed by atoms with van der Waals surface area (Å²) in [6, 6.07) is 7.69. The smallest absolute Gasteiger partial charge is 0.0670 e. The van der Waals surface area contributed by atoms with Crippen molar-refractivity contribution in [3.63, 3.8) is 0 Å². The van der Waals surface area contributed by atoms with E-state index in [1.807, 2.05) is 23.6 Å². The normalized spacial score (nSPS) is 10.3. The van der Waals surface area contributed by atoms with Gasteiger partial charge in [0.2, 0.25) is 0 Å². The topological polar surface area (TPSA) is 0 Å². The molecule has 0 saturated heterocycles. The van der Waals surface area contributed by atoms with E-state index < -0.39 is 0 Å². The second-order valence-corrected chi connectivity index (χ2v) is 4.18. The molecule has 0 aliphatic heterocycles. The first-order chi connectivity index (χ1) is 6.29. The first-order valence-electron chi connectivity index (χ1n) is 3.75. The Morgan fingerprint density at radius 1 is 1.08 bits per heavy atom. The van der Waals surface area contributed by atoms with Gasteiger partial charge in [-0.05, 0) is 28.5 Å². The molecule has 0 N–H and O–H groups in total. The summed E-state index contributed by atoms with van der Waals surface area (Å²) < 4.78 is 0. The standard InChI is InChI=1S/C10H6Cl2S/c11-9-3-1-2-8(10(9)12)7-4-5-13-6-7/h1-6H. The molecule has 2 rings (SSSR count). The van der Waals surface area contributed by atoms with Crippen molar-refractivity contribution in [2.24, 2.45) is 0 Å². The van der Waals surface area contributed by atoms with E-state index in [1.54, 1.807) is 17.4 Å². The van der Waals surface area contributed by atoms with E-state index in [1.165, 1.54) is 0 Å². The minimum absolute atomic E-state index is 0.602. The van der Waals surface area contributed by atoms with Crippen molar-refractivity contribution in [2.75, 3.05) is 0 Å². The Hall–Kier alpha value is -0.500. The molecule has 2 aromatic rings. The Morgan fingerprint density at radius 2 is 1.92 bits per heavy atom. The number of benzene rings is 1. The lowest BCUT2D eigenvalue weighted by Crippen LogP contribution is -1.76. The number of halogens is 2. The van der Waals surface area contributed by atoms with Crippen molar-refractivity contribution in [1.82, 2.24) is 0 Å². The van der Waals surface area contributed by atoms with Gasteiger partial charge in [-0.2, -0.15) is 11.3 Å². The van der Waals surface area contributed by atoms with Crippen molar-refractivity contribution >= 4 is 34.5 Å². The molecule has 0 amide bonds. The summed E-state index contributed by atoms with van der Waals surface area (Å²) in [5.41, 5.74) is 2.12. The Morgan fingerprint density at radius 3 is 2.62 bits per heavy atom. The van der Waals surface area contributed by atoms with Crippen LogP contribution in [0, 0.1) is 0 Å². The van der Waals surface area contributed by atoms with E-state index in [4.69, 9.17) is 23.2 Å². The maximum atomic E-state index is 6.06. The minimum atomic E-state index is 0.602. The fourth-order valence-corrected chi connectivity index (χ4v) is 2.21. The molecule has 3 heteroatoms. The molecule has 0 radical (unpaired) electrons. The van der Waals surface area contributed by atoms with Crippen molar-refractivity contribution in [1.29, 1.82) is 0 Å². The van der Waals surface area contributed by atoms with E-state index in [0.29, 0.717) is 10.0 Å². The van der Waals surface area contributed by atoms with Gasteiger partial charge in [0.1, 0.15) is 0 Å². The summed E-state index contributed by atoms with van der Waals surface area (Å²) in [7, 11) is 0. The lowest BCUT2D eigenvalue weighted by atomic mass is 10.1. The molecule has 1 heterocycles. The highest BCUT2D eigenvalue weighted by Gasteiger charge is 2.05. The van der Waals surface area contributed by atoms with Crippen LogP contribution in [0.15, 0.2) is 35.0 Å². The number of hydrogen-bond acceptors (Lipinski definition) is 1. The van der Waals surface area contributed by atoms with E-state index in [9.17, 15) is 0 Å². The third-order valence-electron chi connectivity index (χ3n) is 1.78. The van der Waals surface area contributed by atoms with Gasteiger partial charge in [0.25, 0.3) is 0 Å². The van der Waals surface area contributed by atoms with Gasteiger partial charge >= 0.3 is 0 Å². The van der Waals surface area contributed by atoms with Crippen LogP contribution in [0.4, 0.5) is 0 Å². The molecule has 1 aromatic heterocycles. The van der Waals surface area contributed by atoms with E-state index in [-0.39, 0.29) is 0 Å². The zero-order chi connectivity index (χ0) is 9.26. The number of rotatable bonds is 1. The van der Waals surface area contributed by atoms with Crippen LogP contribution in [0.5, 0.6) is 0 Å². The average molecular weight is 229 g/mol. The highest BCUT2D eigenvalue weighted by atomic mass is 35.5. The molecule has 0 nitrogen and oxygen atoms in total. The molecule has 0 unspecified atom stereocenters. The zero-order valence-electron chi connectivity index (χ0n) is 6.63. The average Bonchev–Trinajstić information content (AvgIpc) is 2.62. The first-order valence-corrected chi connectivity index (χ1v) is 5.45. The van der Waals surface area contributed by atoms with Crippen molar-refractivity contribution in [3.8, 4) is 11.1 Å². The maximum Gasteiger partial charge on any atom is 0.0670 e. The van der Waals surface area contributed by atoms with Gasteiger partial charge in [-0.15, -0.1) is 0 Å². The van der Waals surface area contributed by atoms with Crippen LogP contribution in [0.2, 0.25) is 10.0 Å². The second-order valence-electron chi connectivity index (χ2n) is 2.61. The zero-order valence-corrected chi connectivity index (χ0v) is 8.96. The summed E-state index contributed by atoms with van der Waals surface area (Å²) in [6.45, 7) is 0. The summed E-state index contributed by atoms with van der Waals surface area (Å²) in [4.78, 5) is 0. The van der Waals surface area contributed by atoms with E-state index >= 15 is 0 Å². The summed E-state index contributed by atoms with van der Waals surface area (Å²) >= 11 is 13.6. The fraction of sp³-hybridized carbons (Fsp3) is 0. The Kier molecular flexibility index (Phi) is 2.58. The Balaban J connectivity index is 2.59. The van der Waals surface area contributed by atoms with Gasteiger partial charge < -0.3 is 0 Å². The predicted molar refractivity (Wildman–Crippen MR) is 59.8 cm³/mol. The van der Waals surface area contributed by atoms with E-state index in [0.717, 1.165) is 11.1 Å². The third kappa shape index (κ3) is 1.73. The van der Waals surface area contributed by atoms with Crippen LogP contribution >= 0.6 is 34.5 Å². The molecule has 0 bridgehead atoms. The van der Waals surface area contributed by atoms with E-state index in [2.05, 4.69) is 5.38 Å². The molecule has 0 aliphatic rings. The summed E-state index contributed by atoms with van der Waals surface area (Å²) in [5.74, 6) is 0. The first kappa shape index (κ1) is 9.07. The molecule has 0 aliphatic carbocycles. The van der Waals surface area contributed by atoms with Gasteiger partial charge in [0, 0.05) is 5.56 Å². The molecule has 66 valence electrons. The highest BCUT2D eigenvalue weighted by molar-refractivity contribution is 7.08. The molecule has 0 spiro atoms. The third-order valence-corrected chi connectivity index (χ3v) is 3.29. The van der Waals surface area contributed by atoms with Crippen molar-refractivity contribution < 1.29 is 0 Å². The lowest BCUT2D eigenvalue weighted by Gasteiger charge is -2.02. The quantitative estimate of drug-likeness (QED) is 0.663. The van der Waals surface area contributed by atoms with Crippen LogP contribution in [0.1, 0.15) is 0 Å². The monoisotopic (exact) mass is 228 g/mol. The van der Waals surface area contributed by atoms with Crippen LogP contribution < -0.4 is 0 Å². The maximum absolute atomic E-state index is 6.06. The number of hydrogen-bond donors (Lipinski definition) is 0. The van der Waals surface area contributed by atoms with Gasteiger partial charge in [-0.3, -0.25) is 0 Å². The molecule has 1 aromatic carbocycles. The minimum Gasteiger partial charge on any atom is -0.152 e. The fourth-order valence-electron chi connectivity index (χ4n) is 1.14.